The van der Waals surface area contributed by atoms with Crippen molar-refractivity contribution < 1.29 is 14.3 Å². The van der Waals surface area contributed by atoms with Crippen molar-refractivity contribution in [2.45, 2.75) is 56.5 Å². The van der Waals surface area contributed by atoms with Crippen molar-refractivity contribution in [1.82, 2.24) is 9.80 Å². The van der Waals surface area contributed by atoms with Crippen LogP contribution in [0.25, 0.3) is 0 Å². The quantitative estimate of drug-likeness (QED) is 0.810. The molecule has 1 atom stereocenters. The average Bonchev–Trinajstić information content (AvgIpc) is 2.92. The van der Waals surface area contributed by atoms with Gasteiger partial charge >= 0.3 is 0 Å². The van der Waals surface area contributed by atoms with Crippen molar-refractivity contribution in [2.75, 3.05) is 33.4 Å². The number of ether oxygens (including phenoxy) is 1. The fraction of sp³-hybridized carbons (Fsp3) is 0.882. The lowest BCUT2D eigenvalue weighted by Gasteiger charge is -2.47. The first kappa shape index (κ1) is 16.7. The first-order chi connectivity index (χ1) is 11.1. The van der Waals surface area contributed by atoms with Crippen LogP contribution in [0, 0.1) is 5.92 Å². The summed E-state index contributed by atoms with van der Waals surface area (Å²) in [5.41, 5.74) is 4.69. The maximum Gasteiger partial charge on any atom is 0.245 e. The highest BCUT2D eigenvalue weighted by atomic mass is 16.5. The lowest BCUT2D eigenvalue weighted by Crippen LogP contribution is -2.64. The number of rotatable bonds is 5. The maximum absolute atomic E-state index is 12.9. The van der Waals surface area contributed by atoms with Gasteiger partial charge in [-0.3, -0.25) is 14.5 Å². The van der Waals surface area contributed by atoms with E-state index in [1.807, 2.05) is 0 Å². The summed E-state index contributed by atoms with van der Waals surface area (Å²) in [5, 5.41) is 0. The summed E-state index contributed by atoms with van der Waals surface area (Å²) in [6, 6.07) is 0.659. The Kier molecular flexibility index (Phi) is 4.92. The minimum Gasteiger partial charge on any atom is -0.382 e. The van der Waals surface area contributed by atoms with Crippen molar-refractivity contribution in [1.29, 1.82) is 0 Å². The van der Waals surface area contributed by atoms with E-state index in [-0.39, 0.29) is 18.4 Å². The molecule has 0 radical (unpaired) electrons. The van der Waals surface area contributed by atoms with Crippen LogP contribution < -0.4 is 5.73 Å². The number of hydrogen-bond donors (Lipinski definition) is 1. The monoisotopic (exact) mass is 323 g/mol. The van der Waals surface area contributed by atoms with Crippen LogP contribution in [-0.2, 0) is 14.3 Å². The molecule has 2 heterocycles. The van der Waals surface area contributed by atoms with Gasteiger partial charge in [0.2, 0.25) is 11.8 Å². The van der Waals surface area contributed by atoms with E-state index in [1.165, 1.54) is 32.1 Å². The maximum atomic E-state index is 12.9. The van der Waals surface area contributed by atoms with E-state index in [0.29, 0.717) is 19.0 Å². The number of nitrogens with zero attached hydrogens (tertiary/aromatic N) is 2. The van der Waals surface area contributed by atoms with Gasteiger partial charge < -0.3 is 15.4 Å². The first-order valence-electron chi connectivity index (χ1n) is 8.93. The number of amides is 2. The van der Waals surface area contributed by atoms with Crippen LogP contribution in [0.3, 0.4) is 0 Å². The van der Waals surface area contributed by atoms with Gasteiger partial charge in [0.25, 0.3) is 0 Å². The second-order valence-corrected chi connectivity index (χ2v) is 7.36. The Balaban J connectivity index is 1.61. The molecule has 1 aliphatic carbocycles. The van der Waals surface area contributed by atoms with Crippen molar-refractivity contribution in [3.63, 3.8) is 0 Å². The Morgan fingerprint density at radius 3 is 2.48 bits per heavy atom. The van der Waals surface area contributed by atoms with Crippen LogP contribution in [0.1, 0.15) is 44.9 Å². The van der Waals surface area contributed by atoms with E-state index >= 15 is 0 Å². The van der Waals surface area contributed by atoms with Gasteiger partial charge in [-0.15, -0.1) is 0 Å². The number of likely N-dealkylation sites (tertiary alicyclic amines) is 2. The summed E-state index contributed by atoms with van der Waals surface area (Å²) in [6.07, 6.45) is 7.92. The molecule has 0 aromatic carbocycles. The number of hydrogen-bond acceptors (Lipinski definition) is 4. The largest absolute Gasteiger partial charge is 0.382 e. The lowest BCUT2D eigenvalue weighted by atomic mass is 9.87. The van der Waals surface area contributed by atoms with E-state index < -0.39 is 11.4 Å². The van der Waals surface area contributed by atoms with Gasteiger partial charge in [-0.2, -0.15) is 0 Å². The van der Waals surface area contributed by atoms with Gasteiger partial charge in [-0.25, -0.2) is 0 Å². The van der Waals surface area contributed by atoms with Gasteiger partial charge in [-0.05, 0) is 25.7 Å². The Labute approximate surface area is 138 Å². The molecular weight excluding hydrogens is 294 g/mol. The van der Waals surface area contributed by atoms with Crippen LogP contribution in [0.15, 0.2) is 0 Å². The molecule has 0 aromatic rings. The Morgan fingerprint density at radius 1 is 1.17 bits per heavy atom. The molecule has 3 rings (SSSR count). The fourth-order valence-corrected chi connectivity index (χ4v) is 4.55. The summed E-state index contributed by atoms with van der Waals surface area (Å²) >= 11 is 0. The van der Waals surface area contributed by atoms with Gasteiger partial charge in [0, 0.05) is 32.8 Å². The summed E-state index contributed by atoms with van der Waals surface area (Å²) < 4.78 is 5.21. The molecule has 1 saturated carbocycles. The van der Waals surface area contributed by atoms with Gasteiger partial charge in [0.1, 0.15) is 5.54 Å². The van der Waals surface area contributed by atoms with E-state index in [2.05, 4.69) is 4.90 Å². The van der Waals surface area contributed by atoms with Crippen LogP contribution in [0.2, 0.25) is 0 Å². The zero-order chi connectivity index (χ0) is 16.4. The molecule has 6 heteroatoms. The number of nitrogens with two attached hydrogens (primary N) is 1. The van der Waals surface area contributed by atoms with E-state index in [9.17, 15) is 9.59 Å². The SMILES string of the molecule is COCC1(C(N)=O)CCCN1C(=O)C1CN(C2CCCCC2)C1. The highest BCUT2D eigenvalue weighted by Gasteiger charge is 2.51. The van der Waals surface area contributed by atoms with Crippen molar-refractivity contribution in [3.8, 4) is 0 Å². The van der Waals surface area contributed by atoms with E-state index in [4.69, 9.17) is 10.5 Å². The molecule has 2 N–H and O–H groups in total. The molecule has 3 fully saturated rings. The Morgan fingerprint density at radius 2 is 1.87 bits per heavy atom. The second kappa shape index (κ2) is 6.77. The van der Waals surface area contributed by atoms with E-state index in [0.717, 1.165) is 19.5 Å². The third-order valence-corrected chi connectivity index (χ3v) is 5.95. The third-order valence-electron chi connectivity index (χ3n) is 5.95. The second-order valence-electron chi connectivity index (χ2n) is 7.36. The Hall–Kier alpha value is -1.14. The summed E-state index contributed by atoms with van der Waals surface area (Å²) in [4.78, 5) is 29.0. The molecule has 6 nitrogen and oxygen atoms in total. The predicted octanol–water partition coefficient (Wildman–Crippen LogP) is 0.744. The predicted molar refractivity (Wildman–Crippen MR) is 86.7 cm³/mol. The number of methoxy groups -OCH3 is 1. The summed E-state index contributed by atoms with van der Waals surface area (Å²) in [5.74, 6) is -0.329. The zero-order valence-electron chi connectivity index (χ0n) is 14.1. The van der Waals surface area contributed by atoms with Crippen LogP contribution in [0.5, 0.6) is 0 Å². The number of carbonyl (C=O) groups is 2. The minimum absolute atomic E-state index is 0.0191. The van der Waals surface area contributed by atoms with Crippen LogP contribution in [-0.4, -0.2) is 66.5 Å². The van der Waals surface area contributed by atoms with Crippen molar-refractivity contribution in [3.05, 3.63) is 0 Å². The highest BCUT2D eigenvalue weighted by Crippen LogP contribution is 2.34. The number of carbonyl (C=O) groups excluding carboxylic acids is 2. The summed E-state index contributed by atoms with van der Waals surface area (Å²) in [6.45, 7) is 2.49. The topological polar surface area (TPSA) is 75.9 Å². The average molecular weight is 323 g/mol. The van der Waals surface area contributed by atoms with Crippen LogP contribution in [0.4, 0.5) is 0 Å². The van der Waals surface area contributed by atoms with Gasteiger partial charge in [-0.1, -0.05) is 19.3 Å². The van der Waals surface area contributed by atoms with Gasteiger partial charge in [0.05, 0.1) is 12.5 Å². The molecule has 2 saturated heterocycles. The molecular formula is C17H29N3O3. The first-order valence-corrected chi connectivity index (χ1v) is 8.93. The molecule has 130 valence electrons. The molecule has 2 aliphatic heterocycles. The van der Waals surface area contributed by atoms with E-state index in [1.54, 1.807) is 12.0 Å². The molecule has 2 amide bonds. The minimum atomic E-state index is -0.933. The van der Waals surface area contributed by atoms with Crippen molar-refractivity contribution in [2.24, 2.45) is 11.7 Å². The fourth-order valence-electron chi connectivity index (χ4n) is 4.55. The lowest BCUT2D eigenvalue weighted by molar-refractivity contribution is -0.154. The Bertz CT molecular complexity index is 458. The smallest absolute Gasteiger partial charge is 0.245 e. The molecule has 0 aromatic heterocycles. The number of primary amides is 1. The third kappa shape index (κ3) is 2.98. The highest BCUT2D eigenvalue weighted by molar-refractivity contribution is 5.92. The van der Waals surface area contributed by atoms with Crippen LogP contribution >= 0.6 is 0 Å². The standard InChI is InChI=1S/C17H29N3O3/c1-23-12-17(16(18)22)8-5-9-20(17)15(21)13-10-19(11-13)14-6-3-2-4-7-14/h13-14H,2-12H2,1H3,(H2,18,22). The molecule has 23 heavy (non-hydrogen) atoms. The van der Waals surface area contributed by atoms with Crippen molar-refractivity contribution >= 4 is 11.8 Å². The molecule has 3 aliphatic rings. The summed E-state index contributed by atoms with van der Waals surface area (Å²) in [7, 11) is 1.56. The normalized spacial score (nSPS) is 30.4. The zero-order valence-corrected chi connectivity index (χ0v) is 14.1. The van der Waals surface area contributed by atoms with Gasteiger partial charge in [0.15, 0.2) is 0 Å². The molecule has 0 spiro atoms. The molecule has 0 bridgehead atoms. The molecule has 1 unspecified atom stereocenters.